The number of nitrogens with one attached hydrogen (secondary N) is 1. The number of hydrogen-bond acceptors (Lipinski definition) is 5. The van der Waals surface area contributed by atoms with Gasteiger partial charge in [-0.2, -0.15) is 0 Å². The summed E-state index contributed by atoms with van der Waals surface area (Å²) in [6.45, 7) is 8.81. The zero-order valence-electron chi connectivity index (χ0n) is 15.9. The quantitative estimate of drug-likeness (QED) is 0.681. The Hall–Kier alpha value is -1.76. The van der Waals surface area contributed by atoms with E-state index in [1.807, 2.05) is 20.8 Å². The number of hydrogen-bond donors (Lipinski definition) is 3. The predicted octanol–water partition coefficient (Wildman–Crippen LogP) is 2.66. The van der Waals surface area contributed by atoms with Gasteiger partial charge in [0.1, 0.15) is 11.3 Å². The van der Waals surface area contributed by atoms with Crippen LogP contribution in [0.3, 0.4) is 0 Å². The molecule has 1 saturated heterocycles. The van der Waals surface area contributed by atoms with Gasteiger partial charge in [-0.1, -0.05) is 11.6 Å². The summed E-state index contributed by atoms with van der Waals surface area (Å²) in [5.74, 6) is 2.22. The van der Waals surface area contributed by atoms with Crippen LogP contribution in [0.4, 0.5) is 5.69 Å². The zero-order chi connectivity index (χ0) is 19.5. The third kappa shape index (κ3) is 3.53. The van der Waals surface area contributed by atoms with Crippen LogP contribution in [-0.2, 0) is 0 Å². The number of amides is 1. The van der Waals surface area contributed by atoms with E-state index in [-0.39, 0.29) is 5.91 Å². The molecule has 1 amide bonds. The molecule has 2 atom stereocenters. The number of aryl methyl sites for hydroxylation is 1. The molecule has 6 nitrogen and oxygen atoms in total. The van der Waals surface area contributed by atoms with Crippen molar-refractivity contribution in [2.75, 3.05) is 31.9 Å². The normalized spacial score (nSPS) is 25.0. The third-order valence-corrected chi connectivity index (χ3v) is 6.03. The average Bonchev–Trinajstić information content (AvgIpc) is 2.90. The first-order chi connectivity index (χ1) is 12.6. The Morgan fingerprint density at radius 3 is 2.70 bits per heavy atom. The molecule has 1 aliphatic heterocycles. The van der Waals surface area contributed by atoms with Crippen molar-refractivity contribution in [3.8, 4) is 0 Å². The number of halogens is 1. The summed E-state index contributed by atoms with van der Waals surface area (Å²) < 4.78 is 5.68. The monoisotopic (exact) mass is 391 g/mol. The Morgan fingerprint density at radius 1 is 1.41 bits per heavy atom. The number of rotatable bonds is 5. The molecule has 2 fully saturated rings. The summed E-state index contributed by atoms with van der Waals surface area (Å²) >= 11 is 6.20. The second kappa shape index (κ2) is 6.40. The van der Waals surface area contributed by atoms with Gasteiger partial charge in [-0.3, -0.25) is 9.69 Å². The number of carbonyl (C=O) groups excluding carboxylic acids is 1. The zero-order valence-corrected chi connectivity index (χ0v) is 16.6. The molecular weight excluding hydrogens is 366 g/mol. The first-order valence-corrected chi connectivity index (χ1v) is 9.73. The lowest BCUT2D eigenvalue weighted by molar-refractivity contribution is 0.0389. The number of nitrogen functional groups attached to an aromatic ring is 1. The van der Waals surface area contributed by atoms with Crippen LogP contribution in [0.15, 0.2) is 16.5 Å². The molecule has 2 unspecified atom stereocenters. The Labute approximate surface area is 163 Å². The number of benzene rings is 1. The number of likely N-dealkylation sites (tertiary alicyclic amines) is 1. The van der Waals surface area contributed by atoms with E-state index in [2.05, 4.69) is 10.2 Å². The number of aliphatic hydroxyl groups is 1. The molecule has 4 N–H and O–H groups in total. The lowest BCUT2D eigenvalue weighted by Gasteiger charge is -2.27. The van der Waals surface area contributed by atoms with Crippen molar-refractivity contribution in [3.05, 3.63) is 28.5 Å². The smallest absolute Gasteiger partial charge is 0.255 e. The number of piperidine rings is 1. The molecule has 1 saturated carbocycles. The van der Waals surface area contributed by atoms with Gasteiger partial charge in [-0.25, -0.2) is 0 Å². The number of fused-ring (bicyclic) bond motifs is 2. The van der Waals surface area contributed by atoms with Crippen molar-refractivity contribution >= 4 is 34.2 Å². The number of carbonyl (C=O) groups is 1. The van der Waals surface area contributed by atoms with Crippen LogP contribution in [0.2, 0.25) is 5.02 Å². The fraction of sp³-hybridized carbons (Fsp3) is 0.550. The van der Waals surface area contributed by atoms with Crippen LogP contribution < -0.4 is 11.1 Å². The highest BCUT2D eigenvalue weighted by Gasteiger charge is 2.55. The van der Waals surface area contributed by atoms with E-state index in [4.69, 9.17) is 21.8 Å². The van der Waals surface area contributed by atoms with Crippen LogP contribution in [0.25, 0.3) is 11.0 Å². The second-order valence-corrected chi connectivity index (χ2v) is 9.03. The van der Waals surface area contributed by atoms with Crippen molar-refractivity contribution < 1.29 is 14.3 Å². The van der Waals surface area contributed by atoms with Crippen molar-refractivity contribution in [1.82, 2.24) is 10.2 Å². The lowest BCUT2D eigenvalue weighted by atomic mass is 10.1. The molecule has 1 aromatic heterocycles. The Balaban J connectivity index is 1.38. The van der Waals surface area contributed by atoms with Crippen molar-refractivity contribution in [2.45, 2.75) is 26.4 Å². The highest BCUT2D eigenvalue weighted by atomic mass is 35.5. The highest BCUT2D eigenvalue weighted by molar-refractivity contribution is 6.35. The summed E-state index contributed by atoms with van der Waals surface area (Å²) in [7, 11) is 0. The van der Waals surface area contributed by atoms with Gasteiger partial charge < -0.3 is 20.6 Å². The Bertz CT molecular complexity index is 890. The van der Waals surface area contributed by atoms with Gasteiger partial charge in [0, 0.05) is 31.6 Å². The molecule has 2 heterocycles. The van der Waals surface area contributed by atoms with Gasteiger partial charge in [0.15, 0.2) is 0 Å². The van der Waals surface area contributed by atoms with E-state index < -0.39 is 5.60 Å². The maximum atomic E-state index is 12.7. The van der Waals surface area contributed by atoms with Gasteiger partial charge in [0.2, 0.25) is 0 Å². The van der Waals surface area contributed by atoms with Gasteiger partial charge in [0.05, 0.1) is 21.9 Å². The molecule has 27 heavy (non-hydrogen) atoms. The van der Waals surface area contributed by atoms with Gasteiger partial charge in [0.25, 0.3) is 5.91 Å². The summed E-state index contributed by atoms with van der Waals surface area (Å²) in [6, 6.07) is 3.38. The van der Waals surface area contributed by atoms with Crippen LogP contribution in [0.1, 0.15) is 30.0 Å². The minimum atomic E-state index is -0.665. The SMILES string of the molecule is Cc1cc2c(N)c(Cl)cc(C(=O)NCC3C4CN(CC(C)(C)O)CC34)c2o1. The molecule has 146 valence electrons. The Morgan fingerprint density at radius 2 is 2.07 bits per heavy atom. The number of nitrogens with two attached hydrogens (primary N) is 1. The minimum Gasteiger partial charge on any atom is -0.460 e. The standard InChI is InChI=1S/C20H26ClN3O3/c1-10-4-11-17(22)16(21)5-12(18(11)27-10)19(25)23-6-13-14-7-24(8-15(13)14)9-20(2,3)26/h4-5,13-15,26H,6-9,22H2,1-3H3,(H,23,25). The first-order valence-electron chi connectivity index (χ1n) is 9.35. The maximum Gasteiger partial charge on any atom is 0.255 e. The first kappa shape index (κ1) is 18.6. The topological polar surface area (TPSA) is 91.7 Å². The van der Waals surface area contributed by atoms with E-state index in [9.17, 15) is 9.90 Å². The molecule has 0 radical (unpaired) electrons. The van der Waals surface area contributed by atoms with Gasteiger partial charge in [-0.05, 0) is 50.7 Å². The van der Waals surface area contributed by atoms with Crippen LogP contribution in [0.5, 0.6) is 0 Å². The minimum absolute atomic E-state index is 0.186. The average molecular weight is 392 g/mol. The predicted molar refractivity (Wildman–Crippen MR) is 106 cm³/mol. The second-order valence-electron chi connectivity index (χ2n) is 8.63. The Kier molecular flexibility index (Phi) is 4.41. The summed E-state index contributed by atoms with van der Waals surface area (Å²) in [4.78, 5) is 15.0. The van der Waals surface area contributed by atoms with Gasteiger partial charge >= 0.3 is 0 Å². The molecule has 1 aliphatic carbocycles. The van der Waals surface area contributed by atoms with E-state index in [0.717, 1.165) is 13.1 Å². The van der Waals surface area contributed by atoms with Crippen molar-refractivity contribution in [3.63, 3.8) is 0 Å². The van der Waals surface area contributed by atoms with Crippen molar-refractivity contribution in [1.29, 1.82) is 0 Å². The molecule has 7 heteroatoms. The molecule has 4 rings (SSSR count). The molecular formula is C20H26ClN3O3. The summed E-state index contributed by atoms with van der Waals surface area (Å²) in [5, 5.41) is 14.0. The van der Waals surface area contributed by atoms with Crippen LogP contribution >= 0.6 is 11.6 Å². The summed E-state index contributed by atoms with van der Waals surface area (Å²) in [6.07, 6.45) is 0. The van der Waals surface area contributed by atoms with E-state index in [0.29, 0.717) is 63.8 Å². The fourth-order valence-electron chi connectivity index (χ4n) is 4.50. The summed E-state index contributed by atoms with van der Waals surface area (Å²) in [5.41, 5.74) is 6.68. The van der Waals surface area contributed by atoms with E-state index in [1.165, 1.54) is 0 Å². The molecule has 1 aromatic carbocycles. The lowest BCUT2D eigenvalue weighted by Crippen LogP contribution is -2.39. The van der Waals surface area contributed by atoms with E-state index >= 15 is 0 Å². The molecule has 2 aliphatic rings. The van der Waals surface area contributed by atoms with Crippen LogP contribution in [0, 0.1) is 24.7 Å². The molecule has 0 spiro atoms. The van der Waals surface area contributed by atoms with Gasteiger partial charge in [-0.15, -0.1) is 0 Å². The van der Waals surface area contributed by atoms with Crippen LogP contribution in [-0.4, -0.2) is 47.7 Å². The number of β-amino-alcohol motifs (C(OH)–C–C–N with tert-alkyl or cyclic N) is 1. The molecule has 0 bridgehead atoms. The maximum absolute atomic E-state index is 12.7. The third-order valence-electron chi connectivity index (χ3n) is 5.72. The fourth-order valence-corrected chi connectivity index (χ4v) is 4.71. The largest absolute Gasteiger partial charge is 0.460 e. The van der Waals surface area contributed by atoms with E-state index in [1.54, 1.807) is 12.1 Å². The number of furan rings is 1. The highest BCUT2D eigenvalue weighted by Crippen LogP contribution is 2.51. The van der Waals surface area contributed by atoms with Crippen molar-refractivity contribution in [2.24, 2.45) is 17.8 Å². The number of anilines is 1. The number of nitrogens with zero attached hydrogens (tertiary/aromatic N) is 1. The molecule has 2 aromatic rings.